The maximum atomic E-state index is 12.7. The number of hydrogen-bond donors (Lipinski definition) is 1. The van der Waals surface area contributed by atoms with E-state index in [2.05, 4.69) is 5.32 Å². The highest BCUT2D eigenvalue weighted by Gasteiger charge is 2.30. The molecule has 2 heterocycles. The van der Waals surface area contributed by atoms with E-state index >= 15 is 0 Å². The van der Waals surface area contributed by atoms with Gasteiger partial charge < -0.3 is 10.2 Å². The van der Waals surface area contributed by atoms with E-state index in [1.165, 1.54) is 19.4 Å². The van der Waals surface area contributed by atoms with Crippen molar-refractivity contribution < 1.29 is 4.79 Å². The summed E-state index contributed by atoms with van der Waals surface area (Å²) in [6, 6.07) is 8.65. The monoisotopic (exact) mass is 340 g/mol. The van der Waals surface area contributed by atoms with Gasteiger partial charge in [-0.25, -0.2) is 0 Å². The van der Waals surface area contributed by atoms with Crippen molar-refractivity contribution >= 4 is 30.1 Å². The zero-order valence-corrected chi connectivity index (χ0v) is 14.7. The van der Waals surface area contributed by atoms with Gasteiger partial charge in [0.05, 0.1) is 5.56 Å². The second-order valence-electron chi connectivity index (χ2n) is 6.03. The average Bonchev–Trinajstić information content (AvgIpc) is 3.09. The highest BCUT2D eigenvalue weighted by atomic mass is 35.5. The molecule has 0 spiro atoms. The van der Waals surface area contributed by atoms with Gasteiger partial charge >= 0.3 is 0 Å². The fraction of sp³-hybridized carbons (Fsp3) is 0.588. The standard InChI is InChI=1S/C17H24N2OS.ClH/c1-21-16-7-3-2-5-14(16)17(20)19-11-8-13(9-12-19)15-6-4-10-18-15;/h2-3,5,7,13,15,18H,4,6,8-12H2,1H3;1H. The van der Waals surface area contributed by atoms with Crippen LogP contribution in [0.15, 0.2) is 29.2 Å². The first kappa shape index (κ1) is 17.6. The van der Waals surface area contributed by atoms with Crippen molar-refractivity contribution in [2.45, 2.75) is 36.6 Å². The lowest BCUT2D eigenvalue weighted by Gasteiger charge is -2.35. The third-order valence-corrected chi connectivity index (χ3v) is 5.63. The van der Waals surface area contributed by atoms with E-state index in [1.807, 2.05) is 35.4 Å². The van der Waals surface area contributed by atoms with Gasteiger partial charge in [-0.3, -0.25) is 4.79 Å². The molecule has 0 saturated carbocycles. The van der Waals surface area contributed by atoms with E-state index in [-0.39, 0.29) is 18.3 Å². The molecular weight excluding hydrogens is 316 g/mol. The minimum Gasteiger partial charge on any atom is -0.339 e. The van der Waals surface area contributed by atoms with Crippen molar-refractivity contribution in [3.8, 4) is 0 Å². The maximum Gasteiger partial charge on any atom is 0.254 e. The molecule has 1 unspecified atom stereocenters. The van der Waals surface area contributed by atoms with Crippen molar-refractivity contribution in [3.63, 3.8) is 0 Å². The van der Waals surface area contributed by atoms with Crippen molar-refractivity contribution in [2.24, 2.45) is 5.92 Å². The van der Waals surface area contributed by atoms with Crippen LogP contribution in [0.5, 0.6) is 0 Å². The first-order valence-corrected chi connectivity index (χ1v) is 9.17. The number of nitrogens with one attached hydrogen (secondary N) is 1. The normalized spacial score (nSPS) is 22.4. The second-order valence-corrected chi connectivity index (χ2v) is 6.88. The summed E-state index contributed by atoms with van der Waals surface area (Å²) in [7, 11) is 0. The lowest BCUT2D eigenvalue weighted by Crippen LogP contribution is -2.43. The molecule has 1 N–H and O–H groups in total. The number of likely N-dealkylation sites (tertiary alicyclic amines) is 1. The van der Waals surface area contributed by atoms with E-state index in [1.54, 1.807) is 11.8 Å². The molecule has 1 aromatic carbocycles. The Labute approximate surface area is 143 Å². The summed E-state index contributed by atoms with van der Waals surface area (Å²) in [6.07, 6.45) is 6.94. The predicted molar refractivity (Wildman–Crippen MR) is 95.1 cm³/mol. The Morgan fingerprint density at radius 3 is 2.59 bits per heavy atom. The Morgan fingerprint density at radius 1 is 1.23 bits per heavy atom. The molecule has 0 aromatic heterocycles. The highest BCUT2D eigenvalue weighted by Crippen LogP contribution is 2.28. The maximum absolute atomic E-state index is 12.7. The molecule has 0 bridgehead atoms. The molecule has 22 heavy (non-hydrogen) atoms. The van der Waals surface area contributed by atoms with Crippen molar-refractivity contribution in [1.82, 2.24) is 10.2 Å². The van der Waals surface area contributed by atoms with Crippen LogP contribution in [0.1, 0.15) is 36.0 Å². The van der Waals surface area contributed by atoms with Crippen LogP contribution in [0.3, 0.4) is 0 Å². The number of nitrogens with zero attached hydrogens (tertiary/aromatic N) is 1. The minimum atomic E-state index is 0. The Morgan fingerprint density at radius 2 is 1.95 bits per heavy atom. The Kier molecular flexibility index (Phi) is 6.60. The lowest BCUT2D eigenvalue weighted by molar-refractivity contribution is 0.0671. The number of carbonyl (C=O) groups excluding carboxylic acids is 1. The Bertz CT molecular complexity index is 497. The lowest BCUT2D eigenvalue weighted by atomic mass is 9.88. The van der Waals surface area contributed by atoms with Crippen LogP contribution in [0, 0.1) is 5.92 Å². The number of benzene rings is 1. The first-order chi connectivity index (χ1) is 10.3. The summed E-state index contributed by atoms with van der Waals surface area (Å²) < 4.78 is 0. The molecule has 122 valence electrons. The van der Waals surface area contributed by atoms with E-state index in [4.69, 9.17) is 0 Å². The fourth-order valence-electron chi connectivity index (χ4n) is 3.61. The molecule has 0 aliphatic carbocycles. The summed E-state index contributed by atoms with van der Waals surface area (Å²) >= 11 is 1.65. The highest BCUT2D eigenvalue weighted by molar-refractivity contribution is 7.98. The molecule has 0 radical (unpaired) electrons. The Balaban J connectivity index is 0.00000176. The van der Waals surface area contributed by atoms with Gasteiger partial charge in [0.1, 0.15) is 0 Å². The minimum absolute atomic E-state index is 0. The first-order valence-electron chi connectivity index (χ1n) is 7.95. The Hall–Kier alpha value is -0.710. The summed E-state index contributed by atoms with van der Waals surface area (Å²) in [5.74, 6) is 0.963. The van der Waals surface area contributed by atoms with Crippen LogP contribution < -0.4 is 5.32 Å². The molecule has 5 heteroatoms. The molecule has 2 aliphatic heterocycles. The van der Waals surface area contributed by atoms with E-state index in [9.17, 15) is 4.79 Å². The van der Waals surface area contributed by atoms with Gasteiger partial charge in [0, 0.05) is 24.0 Å². The number of piperidine rings is 1. The van der Waals surface area contributed by atoms with Gasteiger partial charge in [-0.1, -0.05) is 12.1 Å². The molecule has 1 aromatic rings. The smallest absolute Gasteiger partial charge is 0.254 e. The second kappa shape index (κ2) is 8.23. The van der Waals surface area contributed by atoms with Crippen molar-refractivity contribution in [2.75, 3.05) is 25.9 Å². The quantitative estimate of drug-likeness (QED) is 0.855. The van der Waals surface area contributed by atoms with E-state index < -0.39 is 0 Å². The van der Waals surface area contributed by atoms with Crippen LogP contribution in [0.2, 0.25) is 0 Å². The van der Waals surface area contributed by atoms with Gasteiger partial charge in [0.2, 0.25) is 0 Å². The largest absolute Gasteiger partial charge is 0.339 e. The van der Waals surface area contributed by atoms with Crippen LogP contribution in [-0.4, -0.2) is 42.7 Å². The zero-order chi connectivity index (χ0) is 14.7. The van der Waals surface area contributed by atoms with Crippen LogP contribution in [0.25, 0.3) is 0 Å². The molecule has 3 rings (SSSR count). The molecule has 2 fully saturated rings. The fourth-order valence-corrected chi connectivity index (χ4v) is 4.20. The average molecular weight is 341 g/mol. The number of hydrogen-bond acceptors (Lipinski definition) is 3. The van der Waals surface area contributed by atoms with Gasteiger partial charge in [-0.2, -0.15) is 0 Å². The van der Waals surface area contributed by atoms with Crippen LogP contribution >= 0.6 is 24.2 Å². The summed E-state index contributed by atoms with van der Waals surface area (Å²) in [4.78, 5) is 15.8. The number of carbonyl (C=O) groups is 1. The number of amides is 1. The van der Waals surface area contributed by atoms with Gasteiger partial charge in [0.25, 0.3) is 5.91 Å². The summed E-state index contributed by atoms with van der Waals surface area (Å²) in [5.41, 5.74) is 0.863. The molecule has 3 nitrogen and oxygen atoms in total. The molecule has 1 amide bonds. The van der Waals surface area contributed by atoms with Crippen molar-refractivity contribution in [3.05, 3.63) is 29.8 Å². The number of thioether (sulfide) groups is 1. The summed E-state index contributed by atoms with van der Waals surface area (Å²) in [6.45, 7) is 2.99. The zero-order valence-electron chi connectivity index (χ0n) is 13.1. The number of halogens is 1. The van der Waals surface area contributed by atoms with Gasteiger partial charge in [-0.05, 0) is 56.5 Å². The molecular formula is C17H25ClN2OS. The van der Waals surface area contributed by atoms with Gasteiger partial charge in [-0.15, -0.1) is 24.2 Å². The predicted octanol–water partition coefficient (Wildman–Crippen LogP) is 3.43. The van der Waals surface area contributed by atoms with Crippen LogP contribution in [0.4, 0.5) is 0 Å². The molecule has 2 aliphatic rings. The van der Waals surface area contributed by atoms with E-state index in [0.29, 0.717) is 6.04 Å². The summed E-state index contributed by atoms with van der Waals surface area (Å²) in [5, 5.41) is 3.61. The van der Waals surface area contributed by atoms with E-state index in [0.717, 1.165) is 42.3 Å². The molecule has 2 saturated heterocycles. The SMILES string of the molecule is CSc1ccccc1C(=O)N1CCC(C2CCCN2)CC1.Cl. The van der Waals surface area contributed by atoms with Crippen LogP contribution in [-0.2, 0) is 0 Å². The van der Waals surface area contributed by atoms with Crippen molar-refractivity contribution in [1.29, 1.82) is 0 Å². The number of rotatable bonds is 3. The third kappa shape index (κ3) is 3.79. The topological polar surface area (TPSA) is 32.3 Å². The van der Waals surface area contributed by atoms with Gasteiger partial charge in [0.15, 0.2) is 0 Å². The molecule has 1 atom stereocenters. The third-order valence-electron chi connectivity index (χ3n) is 4.83.